The van der Waals surface area contributed by atoms with Crippen molar-refractivity contribution in [1.29, 1.82) is 0 Å². The largest absolute Gasteiger partial charge is 0.422 e. The van der Waals surface area contributed by atoms with Gasteiger partial charge in [0.25, 0.3) is 0 Å². The molecule has 2 nitrogen and oxygen atoms in total. The maximum Gasteiger partial charge on any atom is 0.344 e. The van der Waals surface area contributed by atoms with Crippen molar-refractivity contribution in [3.05, 3.63) is 70.1 Å². The van der Waals surface area contributed by atoms with Crippen molar-refractivity contribution < 1.29 is 4.42 Å². The summed E-state index contributed by atoms with van der Waals surface area (Å²) in [5, 5.41) is 0.943. The molecule has 0 unspecified atom stereocenters. The van der Waals surface area contributed by atoms with Crippen molar-refractivity contribution in [3.63, 3.8) is 0 Å². The van der Waals surface area contributed by atoms with Gasteiger partial charge in [-0.1, -0.05) is 42.0 Å². The van der Waals surface area contributed by atoms with Crippen LogP contribution in [0.3, 0.4) is 0 Å². The number of rotatable bonds is 1. The molecule has 19 heavy (non-hydrogen) atoms. The van der Waals surface area contributed by atoms with Crippen LogP contribution in [0.25, 0.3) is 22.1 Å². The highest BCUT2D eigenvalue weighted by Gasteiger charge is 2.09. The van der Waals surface area contributed by atoms with Crippen molar-refractivity contribution in [2.45, 2.75) is 13.8 Å². The Balaban J connectivity index is 2.33. The number of benzene rings is 2. The van der Waals surface area contributed by atoms with Crippen LogP contribution in [0.15, 0.2) is 57.7 Å². The molecule has 1 aromatic heterocycles. The summed E-state index contributed by atoms with van der Waals surface area (Å²) in [5.41, 5.74) is 4.12. The highest BCUT2D eigenvalue weighted by atomic mass is 16.4. The first-order chi connectivity index (χ1) is 9.15. The minimum Gasteiger partial charge on any atom is -0.422 e. The highest BCUT2D eigenvalue weighted by molar-refractivity contribution is 5.82. The van der Waals surface area contributed by atoms with Gasteiger partial charge in [-0.3, -0.25) is 0 Å². The summed E-state index contributed by atoms with van der Waals surface area (Å²) < 4.78 is 5.39. The highest BCUT2D eigenvalue weighted by Crippen LogP contribution is 2.24. The Labute approximate surface area is 111 Å². The van der Waals surface area contributed by atoms with Crippen molar-refractivity contribution >= 4 is 11.0 Å². The summed E-state index contributed by atoms with van der Waals surface area (Å²) in [7, 11) is 0. The monoisotopic (exact) mass is 250 g/mol. The van der Waals surface area contributed by atoms with Crippen LogP contribution < -0.4 is 5.63 Å². The predicted octanol–water partition coefficient (Wildman–Crippen LogP) is 4.08. The molecule has 1 heterocycles. The molecule has 0 fully saturated rings. The van der Waals surface area contributed by atoms with Crippen molar-refractivity contribution in [2.24, 2.45) is 0 Å². The number of hydrogen-bond donors (Lipinski definition) is 0. The molecule has 0 radical (unpaired) electrons. The van der Waals surface area contributed by atoms with Crippen LogP contribution in [0.4, 0.5) is 0 Å². The van der Waals surface area contributed by atoms with Crippen LogP contribution in [0.5, 0.6) is 0 Å². The van der Waals surface area contributed by atoms with E-state index in [9.17, 15) is 4.79 Å². The molecular weight excluding hydrogens is 236 g/mol. The third kappa shape index (κ3) is 2.06. The Hall–Kier alpha value is -2.35. The van der Waals surface area contributed by atoms with E-state index in [1.165, 1.54) is 0 Å². The number of hydrogen-bond acceptors (Lipinski definition) is 2. The summed E-state index contributed by atoms with van der Waals surface area (Å²) in [6.07, 6.45) is 0. The Morgan fingerprint density at radius 3 is 2.53 bits per heavy atom. The molecule has 0 saturated carbocycles. The molecule has 0 amide bonds. The first-order valence-corrected chi connectivity index (χ1v) is 6.26. The van der Waals surface area contributed by atoms with Gasteiger partial charge in [-0.05, 0) is 37.1 Å². The number of fused-ring (bicyclic) bond motifs is 1. The van der Waals surface area contributed by atoms with Crippen LogP contribution in [0.2, 0.25) is 0 Å². The smallest absolute Gasteiger partial charge is 0.344 e. The molecule has 0 atom stereocenters. The molecule has 0 bridgehead atoms. The van der Waals surface area contributed by atoms with Gasteiger partial charge in [0.2, 0.25) is 0 Å². The fourth-order valence-electron chi connectivity index (χ4n) is 2.28. The van der Waals surface area contributed by atoms with Gasteiger partial charge in [-0.2, -0.15) is 0 Å². The van der Waals surface area contributed by atoms with E-state index >= 15 is 0 Å². The van der Waals surface area contributed by atoms with Gasteiger partial charge in [0.05, 0.1) is 5.56 Å². The quantitative estimate of drug-likeness (QED) is 0.609. The van der Waals surface area contributed by atoms with Gasteiger partial charge in [0.15, 0.2) is 0 Å². The van der Waals surface area contributed by atoms with Crippen LogP contribution in [0, 0.1) is 13.8 Å². The molecule has 3 aromatic rings. The summed E-state index contributed by atoms with van der Waals surface area (Å²) in [6, 6.07) is 15.6. The van der Waals surface area contributed by atoms with Crippen LogP contribution in [-0.2, 0) is 0 Å². The fourth-order valence-corrected chi connectivity index (χ4v) is 2.28. The first-order valence-electron chi connectivity index (χ1n) is 6.26. The molecule has 2 aromatic carbocycles. The van der Waals surface area contributed by atoms with E-state index in [0.29, 0.717) is 11.1 Å². The van der Waals surface area contributed by atoms with Gasteiger partial charge in [0, 0.05) is 5.39 Å². The fraction of sp³-hybridized carbons (Fsp3) is 0.118. The molecule has 0 spiro atoms. The average Bonchev–Trinajstić information content (AvgIpc) is 2.41. The zero-order chi connectivity index (χ0) is 13.4. The number of para-hydroxylation sites is 1. The third-order valence-electron chi connectivity index (χ3n) is 3.32. The zero-order valence-electron chi connectivity index (χ0n) is 10.9. The lowest BCUT2D eigenvalue weighted by molar-refractivity contribution is 0.563. The molecule has 0 aliphatic rings. The van der Waals surface area contributed by atoms with E-state index in [-0.39, 0.29) is 5.63 Å². The topological polar surface area (TPSA) is 30.2 Å². The predicted molar refractivity (Wildman–Crippen MR) is 77.4 cm³/mol. The standard InChI is InChI=1S/C17H14O2/c1-11-7-8-12(2)14(9-11)15-10-13-5-3-4-6-16(13)19-17(15)18/h3-10H,1-2H3. The first kappa shape index (κ1) is 11.7. The molecule has 0 aliphatic carbocycles. The van der Waals surface area contributed by atoms with Crippen molar-refractivity contribution in [3.8, 4) is 11.1 Å². The van der Waals surface area contributed by atoms with E-state index in [1.54, 1.807) is 0 Å². The normalized spacial score (nSPS) is 10.8. The zero-order valence-corrected chi connectivity index (χ0v) is 10.9. The van der Waals surface area contributed by atoms with Crippen LogP contribution >= 0.6 is 0 Å². The van der Waals surface area contributed by atoms with Crippen LogP contribution in [0.1, 0.15) is 11.1 Å². The Kier molecular flexibility index (Phi) is 2.71. The molecule has 3 rings (SSSR count). The molecule has 94 valence electrons. The van der Waals surface area contributed by atoms with Gasteiger partial charge in [0.1, 0.15) is 5.58 Å². The second-order valence-corrected chi connectivity index (χ2v) is 4.80. The second-order valence-electron chi connectivity index (χ2n) is 4.80. The lowest BCUT2D eigenvalue weighted by atomic mass is 9.99. The summed E-state index contributed by atoms with van der Waals surface area (Å²) in [4.78, 5) is 12.1. The minimum absolute atomic E-state index is 0.285. The van der Waals surface area contributed by atoms with E-state index in [1.807, 2.05) is 62.4 Å². The Morgan fingerprint density at radius 1 is 0.895 bits per heavy atom. The van der Waals surface area contributed by atoms with Crippen molar-refractivity contribution in [2.75, 3.05) is 0 Å². The van der Waals surface area contributed by atoms with Gasteiger partial charge >= 0.3 is 5.63 Å². The maximum atomic E-state index is 12.1. The Bertz CT molecular complexity index is 813. The maximum absolute atomic E-state index is 12.1. The van der Waals surface area contributed by atoms with Crippen LogP contribution in [-0.4, -0.2) is 0 Å². The molecule has 0 N–H and O–H groups in total. The second kappa shape index (κ2) is 4.39. The lowest BCUT2D eigenvalue weighted by Crippen LogP contribution is -2.03. The molecule has 0 saturated heterocycles. The van der Waals surface area contributed by atoms with Gasteiger partial charge in [-0.25, -0.2) is 4.79 Å². The SMILES string of the molecule is Cc1ccc(C)c(-c2cc3ccccc3oc2=O)c1. The summed E-state index contributed by atoms with van der Waals surface area (Å²) in [5.74, 6) is 0. The average molecular weight is 250 g/mol. The lowest BCUT2D eigenvalue weighted by Gasteiger charge is -2.07. The van der Waals surface area contributed by atoms with E-state index < -0.39 is 0 Å². The Morgan fingerprint density at radius 2 is 1.68 bits per heavy atom. The summed E-state index contributed by atoms with van der Waals surface area (Å²) >= 11 is 0. The van der Waals surface area contributed by atoms with Gasteiger partial charge in [-0.15, -0.1) is 0 Å². The summed E-state index contributed by atoms with van der Waals surface area (Å²) in [6.45, 7) is 4.02. The third-order valence-corrected chi connectivity index (χ3v) is 3.32. The molecule has 0 aliphatic heterocycles. The number of aryl methyl sites for hydroxylation is 2. The minimum atomic E-state index is -0.285. The van der Waals surface area contributed by atoms with Gasteiger partial charge < -0.3 is 4.42 Å². The van der Waals surface area contributed by atoms with E-state index in [0.717, 1.165) is 22.1 Å². The molecule has 2 heteroatoms. The van der Waals surface area contributed by atoms with E-state index in [4.69, 9.17) is 4.42 Å². The molecular formula is C17H14O2. The van der Waals surface area contributed by atoms with Crippen molar-refractivity contribution in [1.82, 2.24) is 0 Å². The van der Waals surface area contributed by atoms with E-state index in [2.05, 4.69) is 0 Å².